The van der Waals surface area contributed by atoms with Crippen molar-refractivity contribution in [1.29, 1.82) is 0 Å². The van der Waals surface area contributed by atoms with Crippen LogP contribution in [0.15, 0.2) is 27.8 Å². The Labute approximate surface area is 146 Å². The molecule has 1 heterocycles. The second-order valence-corrected chi connectivity index (χ2v) is 7.19. The van der Waals surface area contributed by atoms with Gasteiger partial charge in [-0.05, 0) is 38.6 Å². The highest BCUT2D eigenvalue weighted by atomic mass is 16.5. The minimum absolute atomic E-state index is 0.0515. The van der Waals surface area contributed by atoms with Crippen LogP contribution in [0.1, 0.15) is 39.5 Å². The highest BCUT2D eigenvalue weighted by Crippen LogP contribution is 2.22. The third-order valence-corrected chi connectivity index (χ3v) is 3.97. The average molecular weight is 338 g/mol. The summed E-state index contributed by atoms with van der Waals surface area (Å²) in [6.45, 7) is 10.7. The standard InChI is InChI=1S/C18H34N4O2/c1-8-19-17(21-13-16(23-7)18(2,3)4)20-12-14(22(5)6)15-10-9-11-24-15/h9-11,14,16H,8,12-13H2,1-7H3,(H2,19,20,21). The van der Waals surface area contributed by atoms with E-state index in [9.17, 15) is 0 Å². The van der Waals surface area contributed by atoms with E-state index in [1.54, 1.807) is 13.4 Å². The van der Waals surface area contributed by atoms with Crippen molar-refractivity contribution in [3.05, 3.63) is 24.2 Å². The summed E-state index contributed by atoms with van der Waals surface area (Å²) in [6.07, 6.45) is 1.78. The number of methoxy groups -OCH3 is 1. The molecule has 0 saturated heterocycles. The van der Waals surface area contributed by atoms with Crippen molar-refractivity contribution in [2.45, 2.75) is 39.8 Å². The number of hydrogen-bond donors (Lipinski definition) is 2. The van der Waals surface area contributed by atoms with Crippen LogP contribution in [-0.2, 0) is 4.74 Å². The average Bonchev–Trinajstić information content (AvgIpc) is 3.00. The van der Waals surface area contributed by atoms with E-state index in [1.165, 1.54) is 0 Å². The topological polar surface area (TPSA) is 62.0 Å². The molecule has 1 rings (SSSR count). The number of nitrogens with zero attached hydrogens (tertiary/aromatic N) is 2. The number of aliphatic imine (C=N–C) groups is 1. The van der Waals surface area contributed by atoms with Crippen LogP contribution in [0.2, 0.25) is 0 Å². The highest BCUT2D eigenvalue weighted by Gasteiger charge is 2.24. The van der Waals surface area contributed by atoms with Crippen LogP contribution in [-0.4, -0.2) is 57.8 Å². The Bertz CT molecular complexity index is 478. The minimum Gasteiger partial charge on any atom is -0.468 e. The Kier molecular flexibility index (Phi) is 8.28. The van der Waals surface area contributed by atoms with Crippen molar-refractivity contribution in [1.82, 2.24) is 15.5 Å². The van der Waals surface area contributed by atoms with Gasteiger partial charge in [-0.15, -0.1) is 0 Å². The number of furan rings is 1. The van der Waals surface area contributed by atoms with E-state index in [1.807, 2.05) is 26.2 Å². The summed E-state index contributed by atoms with van der Waals surface area (Å²) >= 11 is 0. The van der Waals surface area contributed by atoms with Crippen LogP contribution in [0.3, 0.4) is 0 Å². The van der Waals surface area contributed by atoms with Gasteiger partial charge in [-0.3, -0.25) is 9.89 Å². The summed E-state index contributed by atoms with van der Waals surface area (Å²) in [5.74, 6) is 1.73. The van der Waals surface area contributed by atoms with Crippen LogP contribution in [0.4, 0.5) is 0 Å². The zero-order valence-corrected chi connectivity index (χ0v) is 16.2. The maximum atomic E-state index is 5.58. The van der Waals surface area contributed by atoms with Gasteiger partial charge < -0.3 is 19.8 Å². The second-order valence-electron chi connectivity index (χ2n) is 7.19. The van der Waals surface area contributed by atoms with E-state index in [-0.39, 0.29) is 17.6 Å². The van der Waals surface area contributed by atoms with E-state index in [4.69, 9.17) is 9.15 Å². The third kappa shape index (κ3) is 6.53. The van der Waals surface area contributed by atoms with Gasteiger partial charge in [0, 0.05) is 20.2 Å². The van der Waals surface area contributed by atoms with Gasteiger partial charge in [-0.2, -0.15) is 0 Å². The maximum absolute atomic E-state index is 5.58. The molecule has 0 aliphatic heterocycles. The molecule has 1 aromatic heterocycles. The molecular weight excluding hydrogens is 304 g/mol. The molecule has 1 aromatic rings. The molecule has 0 saturated carbocycles. The van der Waals surface area contributed by atoms with Crippen molar-refractivity contribution in [3.8, 4) is 0 Å². The van der Waals surface area contributed by atoms with Gasteiger partial charge >= 0.3 is 0 Å². The Hall–Kier alpha value is -1.53. The summed E-state index contributed by atoms with van der Waals surface area (Å²) in [6, 6.07) is 4.05. The Morgan fingerprint density at radius 2 is 2.04 bits per heavy atom. The molecule has 0 aliphatic rings. The number of ether oxygens (including phenoxy) is 1. The molecule has 2 N–H and O–H groups in total. The predicted molar refractivity (Wildman–Crippen MR) is 99.4 cm³/mol. The van der Waals surface area contributed by atoms with Gasteiger partial charge in [0.05, 0.1) is 25.0 Å². The number of hydrogen-bond acceptors (Lipinski definition) is 4. The van der Waals surface area contributed by atoms with Crippen LogP contribution >= 0.6 is 0 Å². The van der Waals surface area contributed by atoms with E-state index in [2.05, 4.69) is 48.2 Å². The summed E-state index contributed by atoms with van der Waals surface area (Å²) in [5.41, 5.74) is 0.0515. The van der Waals surface area contributed by atoms with Crippen LogP contribution in [0, 0.1) is 5.41 Å². The summed E-state index contributed by atoms with van der Waals surface area (Å²) in [5, 5.41) is 6.69. The van der Waals surface area contributed by atoms with Gasteiger partial charge in [0.15, 0.2) is 5.96 Å². The quantitative estimate of drug-likeness (QED) is 0.563. The molecule has 0 aliphatic carbocycles. The number of likely N-dealkylation sites (N-methyl/N-ethyl adjacent to an activating group) is 1. The minimum atomic E-state index is 0.0515. The number of nitrogens with one attached hydrogen (secondary N) is 2. The van der Waals surface area contributed by atoms with Crippen molar-refractivity contribution < 1.29 is 9.15 Å². The van der Waals surface area contributed by atoms with Gasteiger partial charge in [0.1, 0.15) is 5.76 Å². The van der Waals surface area contributed by atoms with Crippen LogP contribution < -0.4 is 10.6 Å². The van der Waals surface area contributed by atoms with Crippen molar-refractivity contribution in [3.63, 3.8) is 0 Å². The second kappa shape index (κ2) is 9.69. The molecule has 0 bridgehead atoms. The maximum Gasteiger partial charge on any atom is 0.191 e. The fourth-order valence-electron chi connectivity index (χ4n) is 2.43. The molecule has 0 spiro atoms. The highest BCUT2D eigenvalue weighted by molar-refractivity contribution is 5.79. The SMILES string of the molecule is CCNC(=NCC(OC)C(C)(C)C)NCC(c1ccco1)N(C)C. The third-order valence-electron chi connectivity index (χ3n) is 3.97. The first-order valence-corrected chi connectivity index (χ1v) is 8.54. The lowest BCUT2D eigenvalue weighted by Crippen LogP contribution is -2.42. The Morgan fingerprint density at radius 1 is 1.33 bits per heavy atom. The van der Waals surface area contributed by atoms with Gasteiger partial charge in [0.25, 0.3) is 0 Å². The summed E-state index contributed by atoms with van der Waals surface area (Å²) in [4.78, 5) is 6.81. The molecule has 138 valence electrons. The lowest BCUT2D eigenvalue weighted by atomic mass is 9.89. The van der Waals surface area contributed by atoms with E-state index in [0.29, 0.717) is 13.1 Å². The molecule has 0 amide bonds. The van der Waals surface area contributed by atoms with E-state index >= 15 is 0 Å². The lowest BCUT2D eigenvalue weighted by molar-refractivity contribution is 0.0241. The van der Waals surface area contributed by atoms with Crippen molar-refractivity contribution in [2.24, 2.45) is 10.4 Å². The number of rotatable bonds is 8. The molecule has 6 nitrogen and oxygen atoms in total. The molecule has 6 heteroatoms. The molecule has 2 unspecified atom stereocenters. The normalized spacial score (nSPS) is 15.4. The molecule has 2 atom stereocenters. The molecule has 24 heavy (non-hydrogen) atoms. The molecule has 0 aromatic carbocycles. The van der Waals surface area contributed by atoms with Crippen LogP contribution in [0.5, 0.6) is 0 Å². The predicted octanol–water partition coefficient (Wildman–Crippen LogP) is 2.50. The molecule has 0 radical (unpaired) electrons. The van der Waals surface area contributed by atoms with E-state index < -0.39 is 0 Å². The zero-order chi connectivity index (χ0) is 18.2. The van der Waals surface area contributed by atoms with Crippen molar-refractivity contribution in [2.75, 3.05) is 40.8 Å². The monoisotopic (exact) mass is 338 g/mol. The first kappa shape index (κ1) is 20.5. The first-order chi connectivity index (χ1) is 11.3. The Balaban J connectivity index is 2.72. The van der Waals surface area contributed by atoms with Crippen LogP contribution in [0.25, 0.3) is 0 Å². The van der Waals surface area contributed by atoms with Crippen molar-refractivity contribution >= 4 is 5.96 Å². The smallest absolute Gasteiger partial charge is 0.191 e. The first-order valence-electron chi connectivity index (χ1n) is 8.54. The fourth-order valence-corrected chi connectivity index (χ4v) is 2.43. The summed E-state index contributed by atoms with van der Waals surface area (Å²) in [7, 11) is 5.82. The zero-order valence-electron chi connectivity index (χ0n) is 16.2. The largest absolute Gasteiger partial charge is 0.468 e. The fraction of sp³-hybridized carbons (Fsp3) is 0.722. The summed E-state index contributed by atoms with van der Waals surface area (Å²) < 4.78 is 11.1. The van der Waals surface area contributed by atoms with E-state index in [0.717, 1.165) is 18.3 Å². The lowest BCUT2D eigenvalue weighted by Gasteiger charge is -2.28. The van der Waals surface area contributed by atoms with Gasteiger partial charge in [-0.1, -0.05) is 20.8 Å². The molecular formula is C18H34N4O2. The van der Waals surface area contributed by atoms with Gasteiger partial charge in [-0.25, -0.2) is 0 Å². The Morgan fingerprint density at radius 3 is 2.50 bits per heavy atom. The van der Waals surface area contributed by atoms with Gasteiger partial charge in [0.2, 0.25) is 0 Å². The molecule has 0 fully saturated rings. The number of guanidine groups is 1.